The summed E-state index contributed by atoms with van der Waals surface area (Å²) in [5.41, 5.74) is 2.84. The Morgan fingerprint density at radius 3 is 2.09 bits per heavy atom. The molecular weight excluding hydrogens is 278 g/mol. The number of hydrogen-bond acceptors (Lipinski definition) is 5. The minimum Gasteiger partial charge on any atom is -0.455 e. The summed E-state index contributed by atoms with van der Waals surface area (Å²) in [4.78, 5) is 11.2. The Labute approximate surface area is 133 Å². The highest BCUT2D eigenvalue weighted by Crippen LogP contribution is 2.30. The maximum Gasteiger partial charge on any atom is 0.195 e. The number of rotatable bonds is 1. The molecule has 1 saturated heterocycles. The van der Waals surface area contributed by atoms with Crippen LogP contribution in [0.4, 0.5) is 5.82 Å². The fourth-order valence-electron chi connectivity index (χ4n) is 2.28. The number of morpholine rings is 1. The summed E-state index contributed by atoms with van der Waals surface area (Å²) in [5.74, 6) is 2.60. The maximum atomic E-state index is 5.83. The number of furan rings is 1. The lowest BCUT2D eigenvalue weighted by atomic mass is 10.2. The van der Waals surface area contributed by atoms with Gasteiger partial charge >= 0.3 is 0 Å². The molecule has 0 aromatic carbocycles. The summed E-state index contributed by atoms with van der Waals surface area (Å²) in [6.07, 6.45) is 0. The van der Waals surface area contributed by atoms with Crippen LogP contribution in [0.3, 0.4) is 0 Å². The number of aryl methyl sites for hydroxylation is 3. The van der Waals surface area contributed by atoms with E-state index in [1.165, 1.54) is 0 Å². The highest BCUT2D eigenvalue weighted by atomic mass is 16.5. The molecule has 0 amide bonds. The van der Waals surface area contributed by atoms with Crippen LogP contribution in [0.1, 0.15) is 44.8 Å². The van der Waals surface area contributed by atoms with Gasteiger partial charge in [0.15, 0.2) is 11.4 Å². The van der Waals surface area contributed by atoms with Crippen molar-refractivity contribution in [2.24, 2.45) is 0 Å². The molecule has 2 aromatic heterocycles. The van der Waals surface area contributed by atoms with Gasteiger partial charge in [-0.3, -0.25) is 0 Å². The summed E-state index contributed by atoms with van der Waals surface area (Å²) in [5, 5.41) is 0. The van der Waals surface area contributed by atoms with Crippen LogP contribution >= 0.6 is 0 Å². The van der Waals surface area contributed by atoms with E-state index in [0.29, 0.717) is 0 Å². The van der Waals surface area contributed by atoms with Gasteiger partial charge in [0.05, 0.1) is 13.2 Å². The molecule has 0 saturated carbocycles. The van der Waals surface area contributed by atoms with Crippen molar-refractivity contribution in [1.82, 2.24) is 9.97 Å². The number of hydrogen-bond donors (Lipinski definition) is 0. The summed E-state index contributed by atoms with van der Waals surface area (Å²) >= 11 is 0. The normalized spacial score (nSPS) is 14.0. The van der Waals surface area contributed by atoms with Crippen molar-refractivity contribution >= 4 is 16.9 Å². The van der Waals surface area contributed by atoms with E-state index in [4.69, 9.17) is 9.15 Å². The minimum atomic E-state index is 0.739. The van der Waals surface area contributed by atoms with Crippen LogP contribution < -0.4 is 4.90 Å². The second-order valence-corrected chi connectivity index (χ2v) is 4.65. The lowest BCUT2D eigenvalue weighted by Crippen LogP contribution is -2.37. The standard InChI is InChI=1S/C13H17N3O2.2C2H6/c1-8-9(2)18-12-11(8)14-10(3)15-13(12)16-4-6-17-7-5-16;2*1-2/h4-7H2,1-3H3;2*1-2H3. The van der Waals surface area contributed by atoms with Gasteiger partial charge in [0.25, 0.3) is 0 Å². The Morgan fingerprint density at radius 2 is 1.50 bits per heavy atom. The molecule has 22 heavy (non-hydrogen) atoms. The van der Waals surface area contributed by atoms with Gasteiger partial charge < -0.3 is 14.1 Å². The molecule has 3 heterocycles. The maximum absolute atomic E-state index is 5.83. The first-order valence-electron chi connectivity index (χ1n) is 8.24. The monoisotopic (exact) mass is 307 g/mol. The Hall–Kier alpha value is -1.62. The van der Waals surface area contributed by atoms with E-state index in [-0.39, 0.29) is 0 Å². The first-order chi connectivity index (χ1) is 10.7. The third-order valence-corrected chi connectivity index (χ3v) is 3.41. The molecule has 0 unspecified atom stereocenters. The molecule has 0 atom stereocenters. The molecule has 3 rings (SSSR count). The van der Waals surface area contributed by atoms with Crippen molar-refractivity contribution in [3.63, 3.8) is 0 Å². The third kappa shape index (κ3) is 3.77. The largest absolute Gasteiger partial charge is 0.455 e. The zero-order chi connectivity index (χ0) is 16.7. The Kier molecular flexibility index (Phi) is 7.32. The Bertz CT molecular complexity index is 587. The van der Waals surface area contributed by atoms with Crippen molar-refractivity contribution < 1.29 is 9.15 Å². The summed E-state index contributed by atoms with van der Waals surface area (Å²) in [6.45, 7) is 17.1. The van der Waals surface area contributed by atoms with Crippen LogP contribution in [0.15, 0.2) is 4.42 Å². The SMILES string of the molecule is CC.CC.Cc1nc(N2CCOCC2)c2oc(C)c(C)c2n1. The van der Waals surface area contributed by atoms with E-state index in [0.717, 1.165) is 60.4 Å². The zero-order valence-electron chi connectivity index (χ0n) is 15.0. The molecular formula is C17H29N3O2. The number of nitrogens with zero attached hydrogens (tertiary/aromatic N) is 3. The molecule has 0 bridgehead atoms. The molecule has 1 aliphatic heterocycles. The molecule has 0 radical (unpaired) electrons. The molecule has 5 nitrogen and oxygen atoms in total. The van der Waals surface area contributed by atoms with Crippen LogP contribution in [0.2, 0.25) is 0 Å². The predicted molar refractivity (Wildman–Crippen MR) is 91.7 cm³/mol. The van der Waals surface area contributed by atoms with Gasteiger partial charge in [-0.2, -0.15) is 0 Å². The predicted octanol–water partition coefficient (Wildman–Crippen LogP) is 4.04. The van der Waals surface area contributed by atoms with Crippen LogP contribution in [0.5, 0.6) is 0 Å². The van der Waals surface area contributed by atoms with Gasteiger partial charge in [-0.25, -0.2) is 9.97 Å². The average Bonchev–Trinajstić information content (AvgIpc) is 2.87. The fourth-order valence-corrected chi connectivity index (χ4v) is 2.28. The van der Waals surface area contributed by atoms with Gasteiger partial charge in [-0.05, 0) is 20.8 Å². The molecule has 0 aliphatic carbocycles. The smallest absolute Gasteiger partial charge is 0.195 e. The van der Waals surface area contributed by atoms with E-state index < -0.39 is 0 Å². The highest BCUT2D eigenvalue weighted by molar-refractivity contribution is 5.87. The van der Waals surface area contributed by atoms with Crippen molar-refractivity contribution in [2.45, 2.75) is 48.5 Å². The molecule has 5 heteroatoms. The van der Waals surface area contributed by atoms with Crippen molar-refractivity contribution in [3.05, 3.63) is 17.1 Å². The Balaban J connectivity index is 0.000000561. The minimum absolute atomic E-state index is 0.739. The first-order valence-corrected chi connectivity index (χ1v) is 8.24. The topological polar surface area (TPSA) is 51.4 Å². The van der Waals surface area contributed by atoms with E-state index in [2.05, 4.69) is 14.9 Å². The van der Waals surface area contributed by atoms with Crippen LogP contribution in [0, 0.1) is 20.8 Å². The highest BCUT2D eigenvalue weighted by Gasteiger charge is 2.21. The van der Waals surface area contributed by atoms with Gasteiger partial charge in [0, 0.05) is 18.7 Å². The molecule has 1 aliphatic rings. The first kappa shape index (κ1) is 18.4. The quantitative estimate of drug-likeness (QED) is 0.796. The molecule has 0 spiro atoms. The summed E-state index contributed by atoms with van der Waals surface area (Å²) in [6, 6.07) is 0. The van der Waals surface area contributed by atoms with Gasteiger partial charge in [0.2, 0.25) is 0 Å². The lowest BCUT2D eigenvalue weighted by Gasteiger charge is -2.27. The van der Waals surface area contributed by atoms with Gasteiger partial charge in [-0.15, -0.1) is 0 Å². The van der Waals surface area contributed by atoms with Gasteiger partial charge in [-0.1, -0.05) is 27.7 Å². The third-order valence-electron chi connectivity index (χ3n) is 3.41. The van der Waals surface area contributed by atoms with E-state index in [1.54, 1.807) is 0 Å². The second-order valence-electron chi connectivity index (χ2n) is 4.65. The van der Waals surface area contributed by atoms with Crippen LogP contribution in [-0.4, -0.2) is 36.3 Å². The van der Waals surface area contributed by atoms with E-state index in [1.807, 2.05) is 48.5 Å². The summed E-state index contributed by atoms with van der Waals surface area (Å²) < 4.78 is 11.2. The van der Waals surface area contributed by atoms with Crippen molar-refractivity contribution in [3.8, 4) is 0 Å². The van der Waals surface area contributed by atoms with Crippen molar-refractivity contribution in [2.75, 3.05) is 31.2 Å². The van der Waals surface area contributed by atoms with Crippen LogP contribution in [-0.2, 0) is 4.74 Å². The molecule has 0 N–H and O–H groups in total. The molecule has 124 valence electrons. The number of fused-ring (bicyclic) bond motifs is 1. The number of anilines is 1. The van der Waals surface area contributed by atoms with Gasteiger partial charge in [0.1, 0.15) is 17.1 Å². The lowest BCUT2D eigenvalue weighted by molar-refractivity contribution is 0.122. The van der Waals surface area contributed by atoms with E-state index in [9.17, 15) is 0 Å². The zero-order valence-corrected chi connectivity index (χ0v) is 15.0. The average molecular weight is 307 g/mol. The Morgan fingerprint density at radius 1 is 0.909 bits per heavy atom. The number of aromatic nitrogens is 2. The summed E-state index contributed by atoms with van der Waals surface area (Å²) in [7, 11) is 0. The second kappa shape index (κ2) is 8.73. The molecule has 1 fully saturated rings. The molecule has 2 aromatic rings. The fraction of sp³-hybridized carbons (Fsp3) is 0.647. The van der Waals surface area contributed by atoms with Crippen molar-refractivity contribution in [1.29, 1.82) is 0 Å². The van der Waals surface area contributed by atoms with Crippen LogP contribution in [0.25, 0.3) is 11.1 Å². The number of ether oxygens (including phenoxy) is 1. The van der Waals surface area contributed by atoms with E-state index >= 15 is 0 Å².